The van der Waals surface area contributed by atoms with Crippen LogP contribution in [-0.2, 0) is 0 Å². The molecule has 0 saturated heterocycles. The Morgan fingerprint density at radius 2 is 0.644 bits per heavy atom. The molecule has 0 radical (unpaired) electrons. The predicted octanol–water partition coefficient (Wildman–Crippen LogP) is 12.8. The molecule has 0 unspecified atom stereocenters. The maximum atomic E-state index is 15.4. The highest BCUT2D eigenvalue weighted by atomic mass is 35.5. The molecule has 45 heavy (non-hydrogen) atoms. The number of halogens is 2. The largest absolute Gasteiger partial charge is 0.205 e. The first kappa shape index (κ1) is 28.9. The standard InChI is InChI=1S/C42H30ClFS/c43-42-40(44)17-10-18-41(42)45(37-25-19-34(20-26-37)31-11-4-1-5-12-31,38-27-21-35(22-28-38)32-13-6-2-7-14-32)39-29-23-36(24-30-39)33-15-8-3-9-16-33/h1-30H. The minimum absolute atomic E-state index is 0.152. The van der Waals surface area contributed by atoms with Crippen molar-refractivity contribution in [2.75, 3.05) is 0 Å². The van der Waals surface area contributed by atoms with Crippen LogP contribution in [0.5, 0.6) is 0 Å². The molecule has 0 saturated carbocycles. The third kappa shape index (κ3) is 5.48. The quantitative estimate of drug-likeness (QED) is 0.166. The lowest BCUT2D eigenvalue weighted by atomic mass is 10.1. The van der Waals surface area contributed by atoms with Crippen molar-refractivity contribution in [2.24, 2.45) is 0 Å². The third-order valence-corrected chi connectivity index (χ3v) is 12.6. The van der Waals surface area contributed by atoms with Gasteiger partial charge in [0.15, 0.2) is 0 Å². The zero-order chi connectivity index (χ0) is 30.6. The molecule has 0 atom stereocenters. The Kier molecular flexibility index (Phi) is 8.09. The van der Waals surface area contributed by atoms with Crippen LogP contribution in [0.3, 0.4) is 0 Å². The van der Waals surface area contributed by atoms with Crippen molar-refractivity contribution in [2.45, 2.75) is 19.6 Å². The van der Waals surface area contributed by atoms with Crippen LogP contribution in [0.1, 0.15) is 0 Å². The zero-order valence-corrected chi connectivity index (χ0v) is 26.1. The summed E-state index contributed by atoms with van der Waals surface area (Å²) in [4.78, 5) is 4.01. The van der Waals surface area contributed by atoms with Gasteiger partial charge in [-0.05, 0) is 81.9 Å². The van der Waals surface area contributed by atoms with Crippen molar-refractivity contribution in [3.05, 3.63) is 193 Å². The average Bonchev–Trinajstić information content (AvgIpc) is 3.12. The van der Waals surface area contributed by atoms with Crippen LogP contribution in [0.15, 0.2) is 202 Å². The fourth-order valence-corrected chi connectivity index (χ4v) is 10.3. The van der Waals surface area contributed by atoms with Crippen LogP contribution >= 0.6 is 21.6 Å². The molecule has 0 N–H and O–H groups in total. The molecule has 218 valence electrons. The lowest BCUT2D eigenvalue weighted by Gasteiger charge is -2.42. The average molecular weight is 621 g/mol. The second-order valence-electron chi connectivity index (χ2n) is 10.8. The lowest BCUT2D eigenvalue weighted by Crippen LogP contribution is -2.07. The Bertz CT molecular complexity index is 1820. The number of hydrogen-bond acceptors (Lipinski definition) is 0. The van der Waals surface area contributed by atoms with Gasteiger partial charge in [-0.2, -0.15) is 0 Å². The van der Waals surface area contributed by atoms with E-state index in [1.54, 1.807) is 6.07 Å². The van der Waals surface area contributed by atoms with E-state index in [-0.39, 0.29) is 5.02 Å². The van der Waals surface area contributed by atoms with Gasteiger partial charge in [0.2, 0.25) is 0 Å². The smallest absolute Gasteiger partial charge is 0.142 e. The Hall–Kier alpha value is -4.89. The molecule has 0 aliphatic rings. The Labute approximate surface area is 270 Å². The van der Waals surface area contributed by atoms with E-state index in [2.05, 4.69) is 109 Å². The molecule has 0 bridgehead atoms. The summed E-state index contributed by atoms with van der Waals surface area (Å²) in [6, 6.07) is 62.4. The van der Waals surface area contributed by atoms with Gasteiger partial charge in [0, 0.05) is 19.6 Å². The van der Waals surface area contributed by atoms with E-state index in [0.717, 1.165) is 53.0 Å². The minimum atomic E-state index is -2.23. The van der Waals surface area contributed by atoms with E-state index in [9.17, 15) is 0 Å². The molecular weight excluding hydrogens is 591 g/mol. The lowest BCUT2D eigenvalue weighted by molar-refractivity contribution is 0.624. The molecule has 0 fully saturated rings. The molecule has 0 aromatic heterocycles. The molecule has 7 rings (SSSR count). The fourth-order valence-electron chi connectivity index (χ4n) is 5.96. The van der Waals surface area contributed by atoms with Gasteiger partial charge >= 0.3 is 0 Å². The summed E-state index contributed by atoms with van der Waals surface area (Å²) < 4.78 is 15.4. The summed E-state index contributed by atoms with van der Waals surface area (Å²) in [6.45, 7) is 0. The van der Waals surface area contributed by atoms with Crippen LogP contribution in [-0.4, -0.2) is 0 Å². The van der Waals surface area contributed by atoms with E-state index in [1.807, 2.05) is 60.7 Å². The second-order valence-corrected chi connectivity index (χ2v) is 14.3. The van der Waals surface area contributed by atoms with E-state index in [4.69, 9.17) is 11.6 Å². The SMILES string of the molecule is Fc1cccc(S(c2ccc(-c3ccccc3)cc2)(c2ccc(-c3ccccc3)cc2)c2ccc(-c3ccccc3)cc2)c1Cl. The van der Waals surface area contributed by atoms with Gasteiger partial charge in [-0.3, -0.25) is 0 Å². The zero-order valence-electron chi connectivity index (χ0n) is 24.5. The maximum absolute atomic E-state index is 15.4. The summed E-state index contributed by atoms with van der Waals surface area (Å²) in [5.41, 5.74) is 6.80. The predicted molar refractivity (Wildman–Crippen MR) is 188 cm³/mol. The summed E-state index contributed by atoms with van der Waals surface area (Å²) in [5, 5.41) is 0.152. The first-order chi connectivity index (χ1) is 22.1. The normalized spacial score (nSPS) is 11.7. The van der Waals surface area contributed by atoms with Crippen LogP contribution in [0.2, 0.25) is 5.02 Å². The van der Waals surface area contributed by atoms with Gasteiger partial charge in [0.1, 0.15) is 5.82 Å². The van der Waals surface area contributed by atoms with Crippen molar-refractivity contribution in [3.8, 4) is 33.4 Å². The van der Waals surface area contributed by atoms with Crippen molar-refractivity contribution in [1.29, 1.82) is 0 Å². The maximum Gasteiger partial charge on any atom is 0.142 e. The van der Waals surface area contributed by atoms with E-state index in [0.29, 0.717) is 0 Å². The van der Waals surface area contributed by atoms with Crippen LogP contribution in [0.25, 0.3) is 33.4 Å². The molecule has 7 aromatic rings. The summed E-state index contributed by atoms with van der Waals surface area (Å²) in [6.07, 6.45) is 0. The van der Waals surface area contributed by atoms with E-state index >= 15 is 4.39 Å². The van der Waals surface area contributed by atoms with Crippen molar-refractivity contribution >= 4 is 21.6 Å². The van der Waals surface area contributed by atoms with Gasteiger partial charge in [0.05, 0.1) is 5.02 Å². The third-order valence-electron chi connectivity index (χ3n) is 8.19. The number of benzene rings is 7. The van der Waals surface area contributed by atoms with Crippen molar-refractivity contribution < 1.29 is 4.39 Å². The van der Waals surface area contributed by atoms with E-state index < -0.39 is 15.8 Å². The Balaban J connectivity index is 1.48. The highest BCUT2D eigenvalue weighted by molar-refractivity contribution is 8.34. The van der Waals surface area contributed by atoms with Crippen molar-refractivity contribution in [1.82, 2.24) is 0 Å². The van der Waals surface area contributed by atoms with Crippen molar-refractivity contribution in [3.63, 3.8) is 0 Å². The van der Waals surface area contributed by atoms with Crippen LogP contribution < -0.4 is 0 Å². The van der Waals surface area contributed by atoms with Crippen LogP contribution in [0.4, 0.5) is 4.39 Å². The monoisotopic (exact) mass is 620 g/mol. The number of hydrogen-bond donors (Lipinski definition) is 0. The molecule has 7 aromatic carbocycles. The van der Waals surface area contributed by atoms with Gasteiger partial charge in [0.25, 0.3) is 0 Å². The first-order valence-electron chi connectivity index (χ1n) is 14.9. The Morgan fingerprint density at radius 1 is 0.333 bits per heavy atom. The Morgan fingerprint density at radius 3 is 0.978 bits per heavy atom. The summed E-state index contributed by atoms with van der Waals surface area (Å²) in [7, 11) is -2.23. The van der Waals surface area contributed by atoms with Gasteiger partial charge in [-0.1, -0.05) is 145 Å². The summed E-state index contributed by atoms with van der Waals surface area (Å²) >= 11 is 6.95. The first-order valence-corrected chi connectivity index (χ1v) is 16.9. The highest BCUT2D eigenvalue weighted by Gasteiger charge is 2.36. The van der Waals surface area contributed by atoms with Crippen LogP contribution in [0, 0.1) is 5.82 Å². The summed E-state index contributed by atoms with van der Waals surface area (Å²) in [5.74, 6) is -0.422. The van der Waals surface area contributed by atoms with Gasteiger partial charge < -0.3 is 0 Å². The molecule has 0 aliphatic heterocycles. The van der Waals surface area contributed by atoms with E-state index in [1.165, 1.54) is 6.07 Å². The molecule has 0 heterocycles. The molecule has 3 heteroatoms. The molecule has 0 spiro atoms. The molecule has 0 nitrogen and oxygen atoms in total. The fraction of sp³-hybridized carbons (Fsp3) is 0. The second kappa shape index (κ2) is 12.6. The van der Waals surface area contributed by atoms with Gasteiger partial charge in [-0.15, -0.1) is 10.0 Å². The molecular formula is C42H30ClFS. The van der Waals surface area contributed by atoms with Gasteiger partial charge in [-0.25, -0.2) is 4.39 Å². The minimum Gasteiger partial charge on any atom is -0.205 e. The molecule has 0 amide bonds. The topological polar surface area (TPSA) is 0 Å². The number of rotatable bonds is 7. The highest BCUT2D eigenvalue weighted by Crippen LogP contribution is 2.75. The molecule has 0 aliphatic carbocycles.